The summed E-state index contributed by atoms with van der Waals surface area (Å²) in [6.07, 6.45) is 0.630. The maximum absolute atomic E-state index is 13.1. The average molecular weight is 416 g/mol. The number of carbonyl (C=O) groups excluding carboxylic acids is 1. The smallest absolute Gasteiger partial charge is 0.255 e. The molecule has 6 nitrogen and oxygen atoms in total. The van der Waals surface area contributed by atoms with Crippen LogP contribution in [0.2, 0.25) is 10.0 Å². The third-order valence-corrected chi connectivity index (χ3v) is 5.81. The van der Waals surface area contributed by atoms with Gasteiger partial charge < -0.3 is 4.90 Å². The summed E-state index contributed by atoms with van der Waals surface area (Å²) < 4.78 is 1.78. The van der Waals surface area contributed by atoms with Crippen molar-refractivity contribution in [2.24, 2.45) is 0 Å². The van der Waals surface area contributed by atoms with Gasteiger partial charge in [-0.15, -0.1) is 5.10 Å². The van der Waals surface area contributed by atoms with Crippen molar-refractivity contribution >= 4 is 29.1 Å². The highest BCUT2D eigenvalue weighted by atomic mass is 35.5. The van der Waals surface area contributed by atoms with E-state index in [1.54, 1.807) is 27.8 Å². The molecule has 0 bridgehead atoms. The van der Waals surface area contributed by atoms with Crippen molar-refractivity contribution in [3.05, 3.63) is 68.6 Å². The zero-order valence-electron chi connectivity index (χ0n) is 15.8. The minimum Gasteiger partial charge on any atom is -0.330 e. The van der Waals surface area contributed by atoms with Crippen molar-refractivity contribution < 1.29 is 4.79 Å². The van der Waals surface area contributed by atoms with Crippen molar-refractivity contribution in [1.29, 1.82) is 0 Å². The molecule has 4 rings (SSSR count). The summed E-state index contributed by atoms with van der Waals surface area (Å²) >= 11 is 12.3. The number of halogens is 2. The summed E-state index contributed by atoms with van der Waals surface area (Å²) in [5, 5.41) is 9.32. The Morgan fingerprint density at radius 3 is 2.75 bits per heavy atom. The van der Waals surface area contributed by atoms with Crippen molar-refractivity contribution in [3.8, 4) is 5.82 Å². The van der Waals surface area contributed by atoms with Gasteiger partial charge in [0.15, 0.2) is 5.82 Å². The molecule has 8 heteroatoms. The van der Waals surface area contributed by atoms with Gasteiger partial charge in [0, 0.05) is 18.7 Å². The normalized spacial score (nSPS) is 16.2. The molecule has 0 fully saturated rings. The molecule has 0 N–H and O–H groups in total. The van der Waals surface area contributed by atoms with Crippen molar-refractivity contribution in [3.63, 3.8) is 0 Å². The highest BCUT2D eigenvalue weighted by molar-refractivity contribution is 6.43. The van der Waals surface area contributed by atoms with Crippen LogP contribution in [0.15, 0.2) is 30.3 Å². The molecular weight excluding hydrogens is 397 g/mol. The lowest BCUT2D eigenvalue weighted by atomic mass is 10.0. The molecule has 0 saturated carbocycles. The van der Waals surface area contributed by atoms with Gasteiger partial charge in [-0.2, -0.15) is 4.68 Å². The van der Waals surface area contributed by atoms with E-state index in [1.807, 2.05) is 32.9 Å². The van der Waals surface area contributed by atoms with Gasteiger partial charge in [-0.1, -0.05) is 34.5 Å². The molecule has 0 spiro atoms. The predicted octanol–water partition coefficient (Wildman–Crippen LogP) is 4.35. The number of hydrogen-bond donors (Lipinski definition) is 0. The fourth-order valence-electron chi connectivity index (χ4n) is 3.65. The van der Waals surface area contributed by atoms with E-state index in [0.717, 1.165) is 28.5 Å². The molecule has 1 aliphatic heterocycles. The number of rotatable bonds is 2. The lowest BCUT2D eigenvalue weighted by Gasteiger charge is -2.33. The molecule has 3 heterocycles. The van der Waals surface area contributed by atoms with Crippen LogP contribution < -0.4 is 0 Å². The van der Waals surface area contributed by atoms with Crippen LogP contribution in [0.1, 0.15) is 46.0 Å². The number of aromatic nitrogens is 4. The Hall–Kier alpha value is -2.44. The molecule has 2 aromatic heterocycles. The second kappa shape index (κ2) is 7.18. The van der Waals surface area contributed by atoms with E-state index >= 15 is 0 Å². The predicted molar refractivity (Wildman–Crippen MR) is 108 cm³/mol. The van der Waals surface area contributed by atoms with E-state index in [4.69, 9.17) is 23.2 Å². The molecule has 1 aromatic carbocycles. The summed E-state index contributed by atoms with van der Waals surface area (Å²) in [5.74, 6) is 0.584. The topological polar surface area (TPSA) is 63.9 Å². The lowest BCUT2D eigenvalue weighted by Crippen LogP contribution is -2.39. The van der Waals surface area contributed by atoms with Gasteiger partial charge in [-0.05, 0) is 50.6 Å². The first-order valence-corrected chi connectivity index (χ1v) is 9.77. The molecule has 0 radical (unpaired) electrons. The molecule has 1 amide bonds. The fraction of sp³-hybridized carbons (Fsp3) is 0.300. The Morgan fingerprint density at radius 2 is 2.00 bits per heavy atom. The number of amides is 1. The minimum atomic E-state index is -0.231. The van der Waals surface area contributed by atoms with Crippen LogP contribution in [0, 0.1) is 13.8 Å². The van der Waals surface area contributed by atoms with Crippen molar-refractivity contribution in [1.82, 2.24) is 24.9 Å². The van der Waals surface area contributed by atoms with E-state index in [-0.39, 0.29) is 17.0 Å². The number of fused-ring (bicyclic) bond motifs is 1. The third-order valence-electron chi connectivity index (χ3n) is 4.99. The average Bonchev–Trinajstić information content (AvgIpc) is 3.08. The van der Waals surface area contributed by atoms with Gasteiger partial charge in [-0.3, -0.25) is 4.79 Å². The zero-order valence-corrected chi connectivity index (χ0v) is 17.3. The van der Waals surface area contributed by atoms with E-state index in [1.165, 1.54) is 0 Å². The largest absolute Gasteiger partial charge is 0.330 e. The molecule has 0 saturated heterocycles. The molecule has 28 heavy (non-hydrogen) atoms. The number of benzene rings is 1. The lowest BCUT2D eigenvalue weighted by molar-refractivity contribution is 0.0672. The monoisotopic (exact) mass is 415 g/mol. The van der Waals surface area contributed by atoms with Crippen LogP contribution in [0.3, 0.4) is 0 Å². The van der Waals surface area contributed by atoms with E-state index in [0.29, 0.717) is 23.6 Å². The van der Waals surface area contributed by atoms with Gasteiger partial charge >= 0.3 is 0 Å². The summed E-state index contributed by atoms with van der Waals surface area (Å²) in [4.78, 5) is 19.4. The first-order chi connectivity index (χ1) is 13.4. The Labute approximate surface area is 173 Å². The summed E-state index contributed by atoms with van der Waals surface area (Å²) in [6.45, 7) is 6.47. The first-order valence-electron chi connectivity index (χ1n) is 9.02. The molecule has 0 aliphatic carbocycles. The zero-order chi connectivity index (χ0) is 20.0. The molecule has 1 aliphatic rings. The van der Waals surface area contributed by atoms with E-state index in [2.05, 4.69) is 15.3 Å². The van der Waals surface area contributed by atoms with Crippen LogP contribution in [-0.4, -0.2) is 37.3 Å². The van der Waals surface area contributed by atoms with Gasteiger partial charge in [0.05, 0.1) is 27.3 Å². The quantitative estimate of drug-likeness (QED) is 0.623. The number of carbonyl (C=O) groups is 1. The van der Waals surface area contributed by atoms with Crippen LogP contribution in [0.5, 0.6) is 0 Å². The Bertz CT molecular complexity index is 1060. The standard InChI is InChI=1S/C20H19Cl2N5O/c1-11-9-12(2)23-17(10-11)27-16-7-8-26(13(3)19(16)24-25-27)20(28)14-5-4-6-15(21)18(14)22/h4-6,9-10,13H,7-8H2,1-3H3. The number of pyridine rings is 1. The minimum absolute atomic E-state index is 0.162. The second-order valence-electron chi connectivity index (χ2n) is 7.00. The third kappa shape index (κ3) is 3.16. The molecule has 3 aromatic rings. The van der Waals surface area contributed by atoms with Crippen LogP contribution in [-0.2, 0) is 6.42 Å². The van der Waals surface area contributed by atoms with Crippen LogP contribution >= 0.6 is 23.2 Å². The molecule has 1 unspecified atom stereocenters. The summed E-state index contributed by atoms with van der Waals surface area (Å²) in [7, 11) is 0. The summed E-state index contributed by atoms with van der Waals surface area (Å²) in [6, 6.07) is 8.85. The van der Waals surface area contributed by atoms with E-state index in [9.17, 15) is 4.79 Å². The first kappa shape index (κ1) is 18.9. The number of aryl methyl sites for hydroxylation is 2. The van der Waals surface area contributed by atoms with Crippen LogP contribution in [0.4, 0.5) is 0 Å². The second-order valence-corrected chi connectivity index (χ2v) is 7.79. The van der Waals surface area contributed by atoms with Crippen molar-refractivity contribution in [2.75, 3.05) is 6.54 Å². The molecule has 144 valence electrons. The Morgan fingerprint density at radius 1 is 1.21 bits per heavy atom. The van der Waals surface area contributed by atoms with Gasteiger partial charge in [0.2, 0.25) is 0 Å². The maximum atomic E-state index is 13.1. The van der Waals surface area contributed by atoms with Crippen LogP contribution in [0.25, 0.3) is 5.82 Å². The van der Waals surface area contributed by atoms with Crippen molar-refractivity contribution in [2.45, 2.75) is 33.2 Å². The van der Waals surface area contributed by atoms with E-state index < -0.39 is 0 Å². The Kier molecular flexibility index (Phi) is 4.85. The SMILES string of the molecule is Cc1cc(C)nc(-n2nnc3c2CCN(C(=O)c2cccc(Cl)c2Cl)C3C)c1. The Balaban J connectivity index is 1.68. The molecule has 1 atom stereocenters. The highest BCUT2D eigenvalue weighted by Crippen LogP contribution is 2.33. The number of hydrogen-bond acceptors (Lipinski definition) is 4. The fourth-order valence-corrected chi connectivity index (χ4v) is 4.03. The highest BCUT2D eigenvalue weighted by Gasteiger charge is 2.33. The maximum Gasteiger partial charge on any atom is 0.255 e. The van der Waals surface area contributed by atoms with Gasteiger partial charge in [0.25, 0.3) is 5.91 Å². The summed E-state index contributed by atoms with van der Waals surface area (Å²) in [5.41, 5.74) is 4.19. The van der Waals surface area contributed by atoms with Gasteiger partial charge in [0.1, 0.15) is 5.69 Å². The molecular formula is C20H19Cl2N5O. The number of nitrogens with zero attached hydrogens (tertiary/aromatic N) is 5. The van der Waals surface area contributed by atoms with Gasteiger partial charge in [-0.25, -0.2) is 4.98 Å².